The molecule has 96 valence electrons. The van der Waals surface area contributed by atoms with Crippen LogP contribution in [0.3, 0.4) is 0 Å². The Morgan fingerprint density at radius 3 is 2.35 bits per heavy atom. The van der Waals surface area contributed by atoms with Crippen LogP contribution in [0.1, 0.15) is 19.3 Å². The van der Waals surface area contributed by atoms with Crippen molar-refractivity contribution in [3.05, 3.63) is 12.2 Å². The summed E-state index contributed by atoms with van der Waals surface area (Å²) in [5.41, 5.74) is 0.652. The highest BCUT2D eigenvalue weighted by Crippen LogP contribution is 2.56. The van der Waals surface area contributed by atoms with Gasteiger partial charge in [0.2, 0.25) is 0 Å². The fourth-order valence-electron chi connectivity index (χ4n) is 1.74. The lowest BCUT2D eigenvalue weighted by Crippen LogP contribution is -2.16. The van der Waals surface area contributed by atoms with E-state index in [0.29, 0.717) is 11.7 Å². The first-order valence-electron chi connectivity index (χ1n) is 5.22. The van der Waals surface area contributed by atoms with Crippen molar-refractivity contribution in [1.29, 1.82) is 0 Å². The molecule has 7 heteroatoms. The third-order valence-corrected chi connectivity index (χ3v) is 2.95. The number of ether oxygens (including phenoxy) is 2. The van der Waals surface area contributed by atoms with E-state index in [4.69, 9.17) is 18.8 Å². The summed E-state index contributed by atoms with van der Waals surface area (Å²) >= 11 is 0. The third kappa shape index (κ3) is 4.27. The van der Waals surface area contributed by atoms with Gasteiger partial charge in [-0.25, -0.2) is 4.79 Å². The summed E-state index contributed by atoms with van der Waals surface area (Å²) in [4.78, 5) is 25.6. The number of epoxide rings is 1. The number of hydrogen-bond donors (Lipinski definition) is 2. The second kappa shape index (κ2) is 5.41. The Balaban J connectivity index is 0.000000317. The predicted molar refractivity (Wildman–Crippen MR) is 58.1 cm³/mol. The summed E-state index contributed by atoms with van der Waals surface area (Å²) in [6, 6.07) is 0. The van der Waals surface area contributed by atoms with Crippen molar-refractivity contribution in [3.63, 3.8) is 0 Å². The van der Waals surface area contributed by atoms with Crippen LogP contribution in [0.2, 0.25) is 0 Å². The highest BCUT2D eigenvalue weighted by molar-refractivity contribution is 6.22. The smallest absolute Gasteiger partial charge is 0.511 e. The van der Waals surface area contributed by atoms with E-state index in [2.05, 4.69) is 11.3 Å². The van der Waals surface area contributed by atoms with Gasteiger partial charge in [0.15, 0.2) is 0 Å². The van der Waals surface area contributed by atoms with Gasteiger partial charge in [0.05, 0.1) is 19.8 Å². The normalized spacial score (nSPS) is 22.8. The van der Waals surface area contributed by atoms with Gasteiger partial charge in [-0.15, -0.1) is 0 Å². The van der Waals surface area contributed by atoms with E-state index in [1.807, 2.05) is 0 Å². The second-order valence-corrected chi connectivity index (χ2v) is 4.76. The summed E-state index contributed by atoms with van der Waals surface area (Å²) in [7, 11) is -1.73. The molecule has 1 heterocycles. The van der Waals surface area contributed by atoms with Gasteiger partial charge in [-0.05, 0) is 19.3 Å². The van der Waals surface area contributed by atoms with E-state index in [9.17, 15) is 4.79 Å². The Hall–Kier alpha value is -1.21. The molecule has 1 unspecified atom stereocenters. The van der Waals surface area contributed by atoms with Crippen molar-refractivity contribution < 1.29 is 28.3 Å². The highest BCUT2D eigenvalue weighted by Gasteiger charge is 2.51. The fourth-order valence-corrected chi connectivity index (χ4v) is 1.74. The first kappa shape index (κ1) is 13.9. The molecule has 0 aromatic heterocycles. The quantitative estimate of drug-likeness (QED) is 0.311. The van der Waals surface area contributed by atoms with Gasteiger partial charge < -0.3 is 19.1 Å². The van der Waals surface area contributed by atoms with Gasteiger partial charge in [0.25, 0.3) is 0 Å². The van der Waals surface area contributed by atoms with Gasteiger partial charge >= 0.3 is 15.1 Å². The van der Waals surface area contributed by atoms with Crippen LogP contribution in [-0.4, -0.2) is 44.6 Å². The van der Waals surface area contributed by atoms with Crippen molar-refractivity contribution in [1.82, 2.24) is 0 Å². The SMILES string of the molecule is C=C(C(=O)OC)C1(CC2CO2)CC1.O=[Si](O)O. The van der Waals surface area contributed by atoms with E-state index < -0.39 is 9.17 Å². The minimum atomic E-state index is -3.13. The molecule has 2 fully saturated rings. The van der Waals surface area contributed by atoms with Gasteiger partial charge in [-0.3, -0.25) is 4.46 Å². The zero-order valence-electron chi connectivity index (χ0n) is 9.64. The molecule has 0 amide bonds. The molecule has 0 spiro atoms. The Bertz CT molecular complexity index is 328. The maximum atomic E-state index is 11.2. The molecule has 6 nitrogen and oxygen atoms in total. The molecule has 17 heavy (non-hydrogen) atoms. The number of carbonyl (C=O) groups is 1. The topological polar surface area (TPSA) is 96.4 Å². The Morgan fingerprint density at radius 2 is 2.06 bits per heavy atom. The number of rotatable bonds is 4. The third-order valence-electron chi connectivity index (χ3n) is 2.95. The number of methoxy groups -OCH3 is 1. The van der Waals surface area contributed by atoms with Crippen molar-refractivity contribution >= 4 is 15.1 Å². The molecule has 1 aliphatic carbocycles. The van der Waals surface area contributed by atoms with Crippen LogP contribution >= 0.6 is 0 Å². The maximum Gasteiger partial charge on any atom is 0.761 e. The average Bonchev–Trinajstić information content (AvgIpc) is 3.13. The summed E-state index contributed by atoms with van der Waals surface area (Å²) in [6.07, 6.45) is 3.42. The lowest BCUT2D eigenvalue weighted by molar-refractivity contribution is -0.136. The van der Waals surface area contributed by atoms with Crippen LogP contribution in [0.25, 0.3) is 0 Å². The minimum absolute atomic E-state index is 0.0221. The molecule has 2 rings (SSSR count). The zero-order valence-corrected chi connectivity index (χ0v) is 10.6. The molecule has 1 aliphatic heterocycles. The van der Waals surface area contributed by atoms with E-state index >= 15 is 0 Å². The van der Waals surface area contributed by atoms with E-state index in [1.54, 1.807) is 0 Å². The molecule has 1 saturated heterocycles. The minimum Gasteiger partial charge on any atom is -0.511 e. The molecule has 2 N–H and O–H groups in total. The molecule has 1 saturated carbocycles. The van der Waals surface area contributed by atoms with Crippen molar-refractivity contribution in [2.75, 3.05) is 13.7 Å². The molecule has 2 aliphatic rings. The largest absolute Gasteiger partial charge is 0.761 e. The average molecular weight is 260 g/mol. The van der Waals surface area contributed by atoms with E-state index in [0.717, 1.165) is 25.9 Å². The first-order chi connectivity index (χ1) is 7.91. The lowest BCUT2D eigenvalue weighted by atomic mass is 9.92. The van der Waals surface area contributed by atoms with Crippen molar-refractivity contribution in [2.45, 2.75) is 25.4 Å². The molecular formula is C10H16O6Si. The lowest BCUT2D eigenvalue weighted by Gasteiger charge is -2.14. The molecule has 0 aromatic rings. The number of carbonyl (C=O) groups excluding carboxylic acids is 1. The van der Waals surface area contributed by atoms with Gasteiger partial charge in [0, 0.05) is 11.0 Å². The van der Waals surface area contributed by atoms with Crippen LogP contribution in [0.4, 0.5) is 0 Å². The second-order valence-electron chi connectivity index (χ2n) is 4.19. The summed E-state index contributed by atoms with van der Waals surface area (Å²) in [5, 5.41) is 0. The molecule has 0 radical (unpaired) electrons. The number of esters is 1. The molecule has 0 bridgehead atoms. The zero-order chi connectivity index (χ0) is 13.1. The molecule has 1 atom stereocenters. The fraction of sp³-hybridized carbons (Fsp3) is 0.700. The van der Waals surface area contributed by atoms with Gasteiger partial charge in [-0.2, -0.15) is 0 Å². The summed E-state index contributed by atoms with van der Waals surface area (Å²) in [6.45, 7) is 4.65. The van der Waals surface area contributed by atoms with Crippen LogP contribution in [0.5, 0.6) is 0 Å². The Labute approximate surface area is 101 Å². The van der Waals surface area contributed by atoms with Crippen LogP contribution in [0, 0.1) is 5.41 Å². The summed E-state index contributed by atoms with van der Waals surface area (Å²) < 4.78 is 18.6. The van der Waals surface area contributed by atoms with Gasteiger partial charge in [-0.1, -0.05) is 6.58 Å². The van der Waals surface area contributed by atoms with Crippen molar-refractivity contribution in [3.8, 4) is 0 Å². The van der Waals surface area contributed by atoms with Crippen LogP contribution < -0.4 is 0 Å². The number of hydrogen-bond acceptors (Lipinski definition) is 4. The molecular weight excluding hydrogens is 244 g/mol. The Morgan fingerprint density at radius 1 is 1.59 bits per heavy atom. The maximum absolute atomic E-state index is 11.2. The summed E-state index contributed by atoms with van der Waals surface area (Å²) in [5.74, 6) is -0.266. The van der Waals surface area contributed by atoms with Crippen LogP contribution in [0.15, 0.2) is 12.2 Å². The van der Waals surface area contributed by atoms with Gasteiger partial charge in [0.1, 0.15) is 0 Å². The standard InChI is InChI=1S/C10H14O3.H2O3Si/c1-7(9(11)12-2)10(3-4-10)5-8-6-13-8;1-4(2)3/h8H,1,3-6H2,2H3;1-2H. The Kier molecular flexibility index (Phi) is 4.41. The highest BCUT2D eigenvalue weighted by atomic mass is 28.3. The predicted octanol–water partition coefficient (Wildman–Crippen LogP) is -0.329. The van der Waals surface area contributed by atoms with E-state index in [-0.39, 0.29) is 11.4 Å². The molecule has 0 aromatic carbocycles. The van der Waals surface area contributed by atoms with Crippen LogP contribution in [-0.2, 0) is 18.7 Å². The van der Waals surface area contributed by atoms with Crippen molar-refractivity contribution in [2.24, 2.45) is 5.41 Å². The first-order valence-corrected chi connectivity index (χ1v) is 6.53. The monoisotopic (exact) mass is 260 g/mol. The van der Waals surface area contributed by atoms with E-state index in [1.165, 1.54) is 7.11 Å².